The maximum atomic E-state index is 7.19. The van der Waals surface area contributed by atoms with Gasteiger partial charge in [0.1, 0.15) is 11.5 Å². The summed E-state index contributed by atoms with van der Waals surface area (Å²) in [6.07, 6.45) is 0. The number of hydrogen-bond acceptors (Lipinski definition) is 1. The molecule has 0 aromatic heterocycles. The molecule has 0 bridgehead atoms. The molecule has 182 valence electrons. The van der Waals surface area contributed by atoms with E-state index < -0.39 is 5.41 Å². The maximum Gasteiger partial charge on any atom is 0.140 e. The summed E-state index contributed by atoms with van der Waals surface area (Å²) in [4.78, 5) is 0. The molecule has 8 rings (SSSR count). The van der Waals surface area contributed by atoms with Crippen LogP contribution >= 0.6 is 0 Å². The second-order valence-corrected chi connectivity index (χ2v) is 11.0. The lowest BCUT2D eigenvalue weighted by Crippen LogP contribution is -2.32. The highest BCUT2D eigenvalue weighted by Gasteiger charge is 2.51. The standard InChI is InChI=1S/C37H28O/c1-21-13-15-25-17-19-31-35(33(25)23(21)3)38-36-32(20-18-26-16-14-22(2)24(4)34(26)36)37(31)29-11-7-5-9-27(29)28-10-6-8-12-30(28)37/h5-20H,1-4H3. The second-order valence-electron chi connectivity index (χ2n) is 11.0. The van der Waals surface area contributed by atoms with Crippen LogP contribution in [0.25, 0.3) is 32.7 Å². The van der Waals surface area contributed by atoms with Crippen LogP contribution in [-0.4, -0.2) is 0 Å². The van der Waals surface area contributed by atoms with E-state index in [1.54, 1.807) is 0 Å². The maximum absolute atomic E-state index is 7.19. The fourth-order valence-electron chi connectivity index (χ4n) is 7.19. The Bertz CT molecular complexity index is 1850. The predicted molar refractivity (Wildman–Crippen MR) is 158 cm³/mol. The van der Waals surface area contributed by atoms with Crippen LogP contribution in [0.1, 0.15) is 44.5 Å². The van der Waals surface area contributed by atoms with Gasteiger partial charge in [-0.2, -0.15) is 0 Å². The molecule has 6 aromatic rings. The van der Waals surface area contributed by atoms with Gasteiger partial charge >= 0.3 is 0 Å². The molecule has 1 heterocycles. The topological polar surface area (TPSA) is 9.23 Å². The Labute approximate surface area is 223 Å². The van der Waals surface area contributed by atoms with E-state index in [4.69, 9.17) is 4.74 Å². The monoisotopic (exact) mass is 488 g/mol. The van der Waals surface area contributed by atoms with E-state index in [9.17, 15) is 0 Å². The van der Waals surface area contributed by atoms with Gasteiger partial charge < -0.3 is 4.74 Å². The van der Waals surface area contributed by atoms with Gasteiger partial charge in [-0.1, -0.05) is 97.1 Å². The third kappa shape index (κ3) is 2.47. The third-order valence-electron chi connectivity index (χ3n) is 9.30. The lowest BCUT2D eigenvalue weighted by atomic mass is 9.65. The Morgan fingerprint density at radius 3 is 1.34 bits per heavy atom. The normalized spacial score (nSPS) is 14.2. The zero-order chi connectivity index (χ0) is 25.8. The summed E-state index contributed by atoms with van der Waals surface area (Å²) in [5.41, 5.74) is 12.4. The number of aryl methyl sites for hydroxylation is 4. The average Bonchev–Trinajstić information content (AvgIpc) is 3.23. The summed E-state index contributed by atoms with van der Waals surface area (Å²) >= 11 is 0. The van der Waals surface area contributed by atoms with Crippen LogP contribution in [-0.2, 0) is 5.41 Å². The van der Waals surface area contributed by atoms with Gasteiger partial charge in [0.05, 0.1) is 5.41 Å². The molecule has 0 saturated carbocycles. The summed E-state index contributed by atoms with van der Waals surface area (Å²) in [6, 6.07) is 36.1. The van der Waals surface area contributed by atoms with Crippen LogP contribution in [0, 0.1) is 27.7 Å². The molecule has 1 heteroatoms. The molecule has 6 aromatic carbocycles. The number of benzene rings is 6. The first-order valence-electron chi connectivity index (χ1n) is 13.5. The fraction of sp³-hybridized carbons (Fsp3) is 0.135. The minimum Gasteiger partial charge on any atom is -0.455 e. The smallest absolute Gasteiger partial charge is 0.140 e. The Hall–Kier alpha value is -4.36. The van der Waals surface area contributed by atoms with E-state index in [0.717, 1.165) is 11.5 Å². The van der Waals surface area contributed by atoms with Gasteiger partial charge in [0, 0.05) is 21.9 Å². The van der Waals surface area contributed by atoms with E-state index in [1.165, 1.54) is 77.2 Å². The van der Waals surface area contributed by atoms with Crippen molar-refractivity contribution >= 4 is 21.5 Å². The van der Waals surface area contributed by atoms with Crippen LogP contribution in [0.5, 0.6) is 11.5 Å². The van der Waals surface area contributed by atoms with E-state index in [0.29, 0.717) is 0 Å². The van der Waals surface area contributed by atoms with Gasteiger partial charge in [-0.15, -0.1) is 0 Å². The fourth-order valence-corrected chi connectivity index (χ4v) is 7.19. The Morgan fingerprint density at radius 1 is 0.447 bits per heavy atom. The van der Waals surface area contributed by atoms with Gasteiger partial charge in [-0.25, -0.2) is 0 Å². The van der Waals surface area contributed by atoms with E-state index >= 15 is 0 Å². The van der Waals surface area contributed by atoms with Crippen molar-refractivity contribution in [2.75, 3.05) is 0 Å². The summed E-state index contributed by atoms with van der Waals surface area (Å²) < 4.78 is 7.19. The summed E-state index contributed by atoms with van der Waals surface area (Å²) in [5, 5.41) is 4.88. The summed E-state index contributed by atoms with van der Waals surface area (Å²) in [5.74, 6) is 1.99. The number of hydrogen-bond donors (Lipinski definition) is 0. The zero-order valence-electron chi connectivity index (χ0n) is 22.1. The quantitative estimate of drug-likeness (QED) is 0.206. The van der Waals surface area contributed by atoms with E-state index in [-0.39, 0.29) is 0 Å². The van der Waals surface area contributed by atoms with Crippen LogP contribution in [0.3, 0.4) is 0 Å². The van der Waals surface area contributed by atoms with E-state index in [1.807, 2.05) is 0 Å². The minimum absolute atomic E-state index is 0.454. The zero-order valence-corrected chi connectivity index (χ0v) is 22.1. The van der Waals surface area contributed by atoms with Crippen molar-refractivity contribution in [2.45, 2.75) is 33.1 Å². The van der Waals surface area contributed by atoms with Gasteiger partial charge in [0.15, 0.2) is 0 Å². The average molecular weight is 489 g/mol. The molecule has 0 N–H and O–H groups in total. The summed E-state index contributed by atoms with van der Waals surface area (Å²) in [7, 11) is 0. The molecule has 0 radical (unpaired) electrons. The highest BCUT2D eigenvalue weighted by Crippen LogP contribution is 2.64. The Morgan fingerprint density at radius 2 is 0.868 bits per heavy atom. The first-order chi connectivity index (χ1) is 18.5. The van der Waals surface area contributed by atoms with Gasteiger partial charge in [0.25, 0.3) is 0 Å². The van der Waals surface area contributed by atoms with Crippen LogP contribution in [0.2, 0.25) is 0 Å². The van der Waals surface area contributed by atoms with Gasteiger partial charge in [0.2, 0.25) is 0 Å². The van der Waals surface area contributed by atoms with Crippen molar-refractivity contribution < 1.29 is 4.74 Å². The molecular formula is C37H28O. The lowest BCUT2D eigenvalue weighted by molar-refractivity contribution is 0.447. The Kier molecular flexibility index (Phi) is 4.20. The molecule has 0 saturated heterocycles. The van der Waals surface area contributed by atoms with Crippen LogP contribution < -0.4 is 4.74 Å². The molecule has 0 amide bonds. The molecule has 0 unspecified atom stereocenters. The predicted octanol–water partition coefficient (Wildman–Crippen LogP) is 9.70. The first kappa shape index (κ1) is 21.7. The molecule has 0 fully saturated rings. The number of fused-ring (bicyclic) bond motifs is 13. The lowest BCUT2D eigenvalue weighted by Gasteiger charge is -2.40. The third-order valence-corrected chi connectivity index (χ3v) is 9.30. The number of rotatable bonds is 0. The molecule has 1 nitrogen and oxygen atoms in total. The van der Waals surface area contributed by atoms with E-state index in [2.05, 4.69) is 125 Å². The molecule has 1 spiro atoms. The van der Waals surface area contributed by atoms with Crippen molar-refractivity contribution in [1.82, 2.24) is 0 Å². The van der Waals surface area contributed by atoms with Crippen molar-refractivity contribution in [3.8, 4) is 22.6 Å². The van der Waals surface area contributed by atoms with Crippen molar-refractivity contribution in [3.05, 3.63) is 142 Å². The van der Waals surface area contributed by atoms with Crippen LogP contribution in [0.15, 0.2) is 97.1 Å². The molecule has 0 atom stereocenters. The first-order valence-corrected chi connectivity index (χ1v) is 13.5. The molecule has 1 aliphatic heterocycles. The Balaban J connectivity index is 1.65. The second kappa shape index (κ2) is 7.36. The highest BCUT2D eigenvalue weighted by molar-refractivity contribution is 6.02. The van der Waals surface area contributed by atoms with Crippen molar-refractivity contribution in [1.29, 1.82) is 0 Å². The van der Waals surface area contributed by atoms with Crippen molar-refractivity contribution in [3.63, 3.8) is 0 Å². The molecular weight excluding hydrogens is 460 g/mol. The molecule has 38 heavy (non-hydrogen) atoms. The van der Waals surface area contributed by atoms with Gasteiger partial charge in [-0.3, -0.25) is 0 Å². The molecule has 2 aliphatic rings. The highest BCUT2D eigenvalue weighted by atomic mass is 16.5. The summed E-state index contributed by atoms with van der Waals surface area (Å²) in [6.45, 7) is 8.87. The number of ether oxygens (including phenoxy) is 1. The molecule has 1 aliphatic carbocycles. The van der Waals surface area contributed by atoms with Gasteiger partial charge in [-0.05, 0) is 83.0 Å². The van der Waals surface area contributed by atoms with Crippen LogP contribution in [0.4, 0.5) is 0 Å². The largest absolute Gasteiger partial charge is 0.455 e. The minimum atomic E-state index is -0.454. The SMILES string of the molecule is Cc1ccc2ccc3c(c2c1C)Oc1c(ccc2ccc(C)c(C)c12)C31c2ccccc2-c2ccccc21. The van der Waals surface area contributed by atoms with Crippen molar-refractivity contribution in [2.24, 2.45) is 0 Å².